The smallest absolute Gasteiger partial charge is 0.409 e. The number of carbonyl (C=O) groups is 1. The zero-order valence-corrected chi connectivity index (χ0v) is 7.59. The van der Waals surface area contributed by atoms with Gasteiger partial charge in [-0.3, -0.25) is 0 Å². The average Bonchev–Trinajstić information content (AvgIpc) is 1.93. The molecule has 0 spiro atoms. The van der Waals surface area contributed by atoms with E-state index in [1.54, 1.807) is 12.1 Å². The maximum absolute atomic E-state index is 10.2. The van der Waals surface area contributed by atoms with Crippen molar-refractivity contribution in [3.8, 4) is 5.75 Å². The Bertz CT molecular complexity index is 262. The van der Waals surface area contributed by atoms with Gasteiger partial charge in [-0.2, -0.15) is 0 Å². The summed E-state index contributed by atoms with van der Waals surface area (Å²) in [5.74, 6) is 0.327. The summed E-state index contributed by atoms with van der Waals surface area (Å²) in [5.41, 5.74) is -0.867. The monoisotopic (exact) mass is 235 g/mol. The van der Waals surface area contributed by atoms with E-state index >= 15 is 0 Å². The summed E-state index contributed by atoms with van der Waals surface area (Å²) in [6, 6.07) is 3.23. The van der Waals surface area contributed by atoms with Crippen LogP contribution in [0, 0.1) is 0 Å². The lowest BCUT2D eigenvalue weighted by atomic mass is 10.5. The number of aromatic nitrogens is 1. The van der Waals surface area contributed by atoms with Crippen LogP contribution in [0.3, 0.4) is 0 Å². The van der Waals surface area contributed by atoms with E-state index in [0.29, 0.717) is 10.4 Å². The Hall–Kier alpha value is -0.610. The molecule has 1 rings (SSSR count). The molecule has 0 aliphatic heterocycles. The minimum absolute atomic E-state index is 0.327. The van der Waals surface area contributed by atoms with Crippen LogP contribution in [0.15, 0.2) is 22.9 Å². The quantitative estimate of drug-likeness (QED) is 0.556. The Morgan fingerprint density at radius 1 is 1.64 bits per heavy atom. The molecule has 0 saturated heterocycles. The van der Waals surface area contributed by atoms with Crippen molar-refractivity contribution in [2.24, 2.45) is 0 Å². The number of ether oxygens (including phenoxy) is 1. The Labute approximate surface area is 76.5 Å². The summed E-state index contributed by atoms with van der Waals surface area (Å²) in [5, 5.41) is 0. The first kappa shape index (κ1) is 8.49. The van der Waals surface area contributed by atoms with Crippen LogP contribution >= 0.6 is 27.5 Å². The second-order valence-corrected chi connectivity index (χ2v) is 2.78. The van der Waals surface area contributed by atoms with E-state index in [1.807, 2.05) is 0 Å². The molecule has 1 aromatic heterocycles. The second-order valence-electron chi connectivity index (χ2n) is 1.66. The summed E-state index contributed by atoms with van der Waals surface area (Å²) >= 11 is 8.08. The SMILES string of the molecule is O=C(Cl)Oc1ccc(Br)nc1. The van der Waals surface area contributed by atoms with E-state index in [1.165, 1.54) is 6.20 Å². The molecule has 0 N–H and O–H groups in total. The Morgan fingerprint density at radius 2 is 2.36 bits per heavy atom. The van der Waals surface area contributed by atoms with Gasteiger partial charge in [-0.25, -0.2) is 9.78 Å². The van der Waals surface area contributed by atoms with Gasteiger partial charge in [-0.05, 0) is 28.1 Å². The fourth-order valence-corrected chi connectivity index (χ4v) is 0.839. The number of pyridine rings is 1. The molecule has 58 valence electrons. The van der Waals surface area contributed by atoms with Crippen molar-refractivity contribution in [3.05, 3.63) is 22.9 Å². The third-order valence-corrected chi connectivity index (χ3v) is 1.44. The van der Waals surface area contributed by atoms with Crippen molar-refractivity contribution >= 4 is 33.0 Å². The van der Waals surface area contributed by atoms with Gasteiger partial charge in [-0.15, -0.1) is 0 Å². The highest BCUT2D eigenvalue weighted by atomic mass is 79.9. The van der Waals surface area contributed by atoms with Crippen LogP contribution in [-0.4, -0.2) is 10.4 Å². The zero-order chi connectivity index (χ0) is 8.27. The highest BCUT2D eigenvalue weighted by Crippen LogP contribution is 2.13. The molecule has 3 nitrogen and oxygen atoms in total. The molecule has 1 aromatic rings. The van der Waals surface area contributed by atoms with Crippen molar-refractivity contribution in [3.63, 3.8) is 0 Å². The number of nitrogens with zero attached hydrogens (tertiary/aromatic N) is 1. The molecule has 0 fully saturated rings. The van der Waals surface area contributed by atoms with Crippen LogP contribution in [0.5, 0.6) is 5.75 Å². The first-order chi connectivity index (χ1) is 5.18. The van der Waals surface area contributed by atoms with Gasteiger partial charge in [0, 0.05) is 11.6 Å². The lowest BCUT2D eigenvalue weighted by Gasteiger charge is -1.96. The fourth-order valence-electron chi connectivity index (χ4n) is 0.515. The van der Waals surface area contributed by atoms with Gasteiger partial charge in [0.2, 0.25) is 0 Å². The van der Waals surface area contributed by atoms with Crippen molar-refractivity contribution in [1.29, 1.82) is 0 Å². The molecule has 0 radical (unpaired) electrons. The van der Waals surface area contributed by atoms with E-state index in [0.717, 1.165) is 0 Å². The highest BCUT2D eigenvalue weighted by Gasteiger charge is 1.98. The van der Waals surface area contributed by atoms with Gasteiger partial charge >= 0.3 is 5.43 Å². The van der Waals surface area contributed by atoms with Crippen molar-refractivity contribution < 1.29 is 9.53 Å². The largest absolute Gasteiger partial charge is 0.413 e. The minimum atomic E-state index is -0.867. The fraction of sp³-hybridized carbons (Fsp3) is 0. The molecular weight excluding hydrogens is 233 g/mol. The van der Waals surface area contributed by atoms with Gasteiger partial charge in [-0.1, -0.05) is 0 Å². The Kier molecular flexibility index (Phi) is 2.84. The number of halogens is 2. The van der Waals surface area contributed by atoms with E-state index in [4.69, 9.17) is 11.6 Å². The van der Waals surface area contributed by atoms with Gasteiger partial charge < -0.3 is 4.74 Å². The maximum Gasteiger partial charge on any atom is 0.409 e. The standard InChI is InChI=1S/C6H3BrClNO2/c7-5-2-1-4(3-9-5)11-6(8)10/h1-3H. The van der Waals surface area contributed by atoms with Gasteiger partial charge in [0.25, 0.3) is 0 Å². The zero-order valence-electron chi connectivity index (χ0n) is 5.25. The number of hydrogen-bond donors (Lipinski definition) is 0. The van der Waals surface area contributed by atoms with Crippen molar-refractivity contribution in [2.75, 3.05) is 0 Å². The Balaban J connectivity index is 2.74. The molecule has 0 amide bonds. The van der Waals surface area contributed by atoms with E-state index in [2.05, 4.69) is 25.7 Å². The molecule has 0 saturated carbocycles. The number of hydrogen-bond acceptors (Lipinski definition) is 3. The second kappa shape index (κ2) is 3.69. The predicted molar refractivity (Wildman–Crippen MR) is 43.8 cm³/mol. The summed E-state index contributed by atoms with van der Waals surface area (Å²) in [4.78, 5) is 14.0. The van der Waals surface area contributed by atoms with Gasteiger partial charge in [0.05, 0.1) is 6.20 Å². The predicted octanol–water partition coefficient (Wildman–Crippen LogP) is 2.58. The topological polar surface area (TPSA) is 39.2 Å². The van der Waals surface area contributed by atoms with E-state index in [-0.39, 0.29) is 0 Å². The summed E-state index contributed by atoms with van der Waals surface area (Å²) in [6.07, 6.45) is 1.39. The van der Waals surface area contributed by atoms with Crippen LogP contribution in [-0.2, 0) is 0 Å². The minimum Gasteiger partial charge on any atom is -0.413 e. The molecule has 0 unspecified atom stereocenters. The molecule has 5 heteroatoms. The average molecular weight is 236 g/mol. The van der Waals surface area contributed by atoms with Crippen molar-refractivity contribution in [1.82, 2.24) is 4.98 Å². The normalized spacial score (nSPS) is 9.27. The Morgan fingerprint density at radius 3 is 2.82 bits per heavy atom. The van der Waals surface area contributed by atoms with Crippen LogP contribution in [0.4, 0.5) is 4.79 Å². The summed E-state index contributed by atoms with van der Waals surface area (Å²) < 4.78 is 5.19. The molecule has 0 aliphatic carbocycles. The first-order valence-electron chi connectivity index (χ1n) is 2.67. The number of rotatable bonds is 1. The molecule has 1 heterocycles. The van der Waals surface area contributed by atoms with E-state index in [9.17, 15) is 4.79 Å². The lowest BCUT2D eigenvalue weighted by Crippen LogP contribution is -1.95. The van der Waals surface area contributed by atoms with Crippen LogP contribution in [0.25, 0.3) is 0 Å². The molecule has 0 atom stereocenters. The third kappa shape index (κ3) is 2.86. The molecular formula is C6H3BrClNO2. The third-order valence-electron chi connectivity index (χ3n) is 0.898. The maximum atomic E-state index is 10.2. The number of carbonyl (C=O) groups excluding carboxylic acids is 1. The van der Waals surface area contributed by atoms with Crippen LogP contribution in [0.1, 0.15) is 0 Å². The van der Waals surface area contributed by atoms with Crippen molar-refractivity contribution in [2.45, 2.75) is 0 Å². The molecule has 0 aliphatic rings. The van der Waals surface area contributed by atoms with Crippen LogP contribution in [0.2, 0.25) is 0 Å². The van der Waals surface area contributed by atoms with E-state index < -0.39 is 5.43 Å². The lowest BCUT2D eigenvalue weighted by molar-refractivity contribution is 0.225. The first-order valence-corrected chi connectivity index (χ1v) is 3.84. The summed E-state index contributed by atoms with van der Waals surface area (Å²) in [6.45, 7) is 0. The molecule has 0 aromatic carbocycles. The van der Waals surface area contributed by atoms with Gasteiger partial charge in [0.15, 0.2) is 5.75 Å². The van der Waals surface area contributed by atoms with Gasteiger partial charge in [0.1, 0.15) is 4.60 Å². The molecule has 11 heavy (non-hydrogen) atoms. The highest BCUT2D eigenvalue weighted by molar-refractivity contribution is 9.10. The molecule has 0 bridgehead atoms. The van der Waals surface area contributed by atoms with Crippen LogP contribution < -0.4 is 4.74 Å². The summed E-state index contributed by atoms with van der Waals surface area (Å²) in [7, 11) is 0.